The zero-order chi connectivity index (χ0) is 20.8. The third kappa shape index (κ3) is 3.11. The predicted octanol–water partition coefficient (Wildman–Crippen LogP) is 2.51. The summed E-state index contributed by atoms with van der Waals surface area (Å²) in [6.45, 7) is 2.32. The fourth-order valence-corrected chi connectivity index (χ4v) is 4.92. The van der Waals surface area contributed by atoms with E-state index < -0.39 is 0 Å². The van der Waals surface area contributed by atoms with Crippen LogP contribution in [0.3, 0.4) is 0 Å². The number of pyridine rings is 2. The molecule has 2 bridgehead atoms. The summed E-state index contributed by atoms with van der Waals surface area (Å²) in [5.41, 5.74) is 3.77. The van der Waals surface area contributed by atoms with Gasteiger partial charge in [0, 0.05) is 49.1 Å². The van der Waals surface area contributed by atoms with Gasteiger partial charge in [0.25, 0.3) is 5.56 Å². The van der Waals surface area contributed by atoms with Crippen LogP contribution in [-0.4, -0.2) is 42.8 Å². The van der Waals surface area contributed by atoms with Gasteiger partial charge < -0.3 is 9.47 Å². The van der Waals surface area contributed by atoms with Gasteiger partial charge in [-0.2, -0.15) is 4.68 Å². The minimum atomic E-state index is 0.0513. The largest absolute Gasteiger partial charge is 0.338 e. The average Bonchev–Trinajstić information content (AvgIpc) is 3.31. The number of piperidine rings is 1. The van der Waals surface area contributed by atoms with E-state index in [0.29, 0.717) is 5.92 Å². The zero-order valence-electron chi connectivity index (χ0n) is 16.9. The molecule has 3 aromatic heterocycles. The van der Waals surface area contributed by atoms with Crippen molar-refractivity contribution in [2.45, 2.75) is 18.9 Å². The van der Waals surface area contributed by atoms with Crippen molar-refractivity contribution in [3.8, 4) is 16.9 Å². The number of nitrogens with zero attached hydrogens (tertiary/aromatic N) is 7. The lowest BCUT2D eigenvalue weighted by atomic mass is 9.82. The molecule has 8 heteroatoms. The summed E-state index contributed by atoms with van der Waals surface area (Å²) >= 11 is 0. The first-order chi connectivity index (χ1) is 15.3. The van der Waals surface area contributed by atoms with Crippen LogP contribution in [0.5, 0.6) is 0 Å². The number of para-hydroxylation sites is 1. The molecule has 0 aliphatic carbocycles. The van der Waals surface area contributed by atoms with E-state index in [1.165, 1.54) is 0 Å². The molecule has 0 N–H and O–H groups in total. The van der Waals surface area contributed by atoms with E-state index in [9.17, 15) is 4.79 Å². The average molecular weight is 411 g/mol. The Hall–Kier alpha value is -3.81. The molecule has 0 unspecified atom stereocenters. The van der Waals surface area contributed by atoms with Crippen LogP contribution in [0.4, 0.5) is 5.95 Å². The van der Waals surface area contributed by atoms with Crippen molar-refractivity contribution in [3.05, 3.63) is 82.9 Å². The summed E-state index contributed by atoms with van der Waals surface area (Å²) in [6, 6.07) is 19.6. The molecule has 154 valence electrons. The van der Waals surface area contributed by atoms with Crippen molar-refractivity contribution in [1.82, 2.24) is 29.8 Å². The third-order valence-corrected chi connectivity index (χ3v) is 6.25. The molecule has 0 radical (unpaired) electrons. The summed E-state index contributed by atoms with van der Waals surface area (Å²) in [5, 5.41) is 12.5. The van der Waals surface area contributed by atoms with Crippen molar-refractivity contribution in [2.24, 2.45) is 5.92 Å². The Bertz CT molecular complexity index is 1280. The Morgan fingerprint density at radius 1 is 0.935 bits per heavy atom. The van der Waals surface area contributed by atoms with Crippen LogP contribution in [0, 0.1) is 5.92 Å². The van der Waals surface area contributed by atoms with Crippen LogP contribution in [0.25, 0.3) is 16.9 Å². The molecule has 5 heterocycles. The van der Waals surface area contributed by atoms with E-state index in [4.69, 9.17) is 0 Å². The standard InChI is InChI=1S/C23H21N7O/c31-22-12-17(20-8-4-5-9-24-20)11-21-18-10-16(14-29(21)22)13-28(15-18)23-25-26-27-30(23)19-6-2-1-3-7-19/h1-9,11-12,16,18H,10,13-15H2/t16-,18+/m0/s1. The predicted molar refractivity (Wildman–Crippen MR) is 116 cm³/mol. The monoisotopic (exact) mass is 411 g/mol. The highest BCUT2D eigenvalue weighted by molar-refractivity contribution is 5.59. The molecule has 1 fully saturated rings. The summed E-state index contributed by atoms with van der Waals surface area (Å²) in [6.07, 6.45) is 2.82. The van der Waals surface area contributed by atoms with Gasteiger partial charge in [0.15, 0.2) is 0 Å². The van der Waals surface area contributed by atoms with Gasteiger partial charge in [-0.15, -0.1) is 0 Å². The number of rotatable bonds is 3. The fraction of sp³-hybridized carbons (Fsp3) is 0.261. The summed E-state index contributed by atoms with van der Waals surface area (Å²) < 4.78 is 3.74. The lowest BCUT2D eigenvalue weighted by Gasteiger charge is -2.42. The van der Waals surface area contributed by atoms with Gasteiger partial charge in [0.2, 0.25) is 5.95 Å². The second kappa shape index (κ2) is 7.16. The summed E-state index contributed by atoms with van der Waals surface area (Å²) in [5.74, 6) is 1.37. The first-order valence-corrected chi connectivity index (χ1v) is 10.5. The zero-order valence-corrected chi connectivity index (χ0v) is 16.9. The maximum atomic E-state index is 12.9. The van der Waals surface area contributed by atoms with E-state index in [1.54, 1.807) is 16.9 Å². The molecule has 0 amide bonds. The topological polar surface area (TPSA) is 81.7 Å². The number of hydrogen-bond acceptors (Lipinski definition) is 6. The van der Waals surface area contributed by atoms with Crippen molar-refractivity contribution in [2.75, 3.05) is 18.0 Å². The Morgan fingerprint density at radius 2 is 1.81 bits per heavy atom. The molecule has 1 saturated heterocycles. The maximum Gasteiger partial charge on any atom is 0.251 e. The minimum absolute atomic E-state index is 0.0513. The SMILES string of the molecule is O=c1cc(-c2ccccn2)cc2n1C[C@H]1C[C@@H]2CN(c2nnnn2-c2ccccc2)C1. The third-order valence-electron chi connectivity index (χ3n) is 6.25. The van der Waals surface area contributed by atoms with Gasteiger partial charge in [-0.05, 0) is 53.1 Å². The highest BCUT2D eigenvalue weighted by Crippen LogP contribution is 2.37. The van der Waals surface area contributed by atoms with E-state index in [-0.39, 0.29) is 11.5 Å². The molecule has 1 aromatic carbocycles. The van der Waals surface area contributed by atoms with Gasteiger partial charge >= 0.3 is 0 Å². The summed E-state index contributed by atoms with van der Waals surface area (Å²) in [4.78, 5) is 19.6. The summed E-state index contributed by atoms with van der Waals surface area (Å²) in [7, 11) is 0. The first-order valence-electron chi connectivity index (χ1n) is 10.5. The molecule has 31 heavy (non-hydrogen) atoms. The smallest absolute Gasteiger partial charge is 0.251 e. The molecular weight excluding hydrogens is 390 g/mol. The first kappa shape index (κ1) is 18.0. The number of benzene rings is 1. The fourth-order valence-electron chi connectivity index (χ4n) is 4.92. The highest BCUT2D eigenvalue weighted by Gasteiger charge is 2.36. The van der Waals surface area contributed by atoms with Crippen LogP contribution in [-0.2, 0) is 6.54 Å². The van der Waals surface area contributed by atoms with Crippen LogP contribution >= 0.6 is 0 Å². The highest BCUT2D eigenvalue weighted by atomic mass is 16.1. The van der Waals surface area contributed by atoms with E-state index in [2.05, 4.69) is 31.5 Å². The van der Waals surface area contributed by atoms with Gasteiger partial charge in [-0.1, -0.05) is 29.4 Å². The second-order valence-corrected chi connectivity index (χ2v) is 8.26. The van der Waals surface area contributed by atoms with Crippen LogP contribution < -0.4 is 10.5 Å². The van der Waals surface area contributed by atoms with Gasteiger partial charge in [-0.25, -0.2) is 0 Å². The molecule has 8 nitrogen and oxygen atoms in total. The van der Waals surface area contributed by atoms with Gasteiger partial charge in [-0.3, -0.25) is 9.78 Å². The quantitative estimate of drug-likeness (QED) is 0.515. The van der Waals surface area contributed by atoms with Crippen LogP contribution in [0.15, 0.2) is 71.7 Å². The second-order valence-electron chi connectivity index (χ2n) is 8.26. The molecule has 0 saturated carbocycles. The maximum absolute atomic E-state index is 12.9. The molecule has 6 rings (SSSR count). The normalized spacial score (nSPS) is 19.8. The lowest BCUT2D eigenvalue weighted by Crippen LogP contribution is -2.48. The molecule has 2 atom stereocenters. The molecule has 2 aliphatic heterocycles. The van der Waals surface area contributed by atoms with Crippen molar-refractivity contribution >= 4 is 5.95 Å². The van der Waals surface area contributed by atoms with E-state index in [0.717, 1.165) is 54.6 Å². The van der Waals surface area contributed by atoms with Crippen LogP contribution in [0.1, 0.15) is 18.0 Å². The number of tetrazole rings is 1. The Labute approximate surface area is 178 Å². The number of anilines is 1. The molecule has 0 spiro atoms. The van der Waals surface area contributed by atoms with Crippen molar-refractivity contribution < 1.29 is 0 Å². The molecular formula is C23H21N7O. The number of fused-ring (bicyclic) bond motifs is 4. The minimum Gasteiger partial charge on any atom is -0.338 e. The Morgan fingerprint density at radius 3 is 2.65 bits per heavy atom. The van der Waals surface area contributed by atoms with Gasteiger partial charge in [0.1, 0.15) is 0 Å². The van der Waals surface area contributed by atoms with Gasteiger partial charge in [0.05, 0.1) is 11.4 Å². The lowest BCUT2D eigenvalue weighted by molar-refractivity contribution is 0.279. The Kier molecular flexibility index (Phi) is 4.15. The van der Waals surface area contributed by atoms with E-state index >= 15 is 0 Å². The van der Waals surface area contributed by atoms with E-state index in [1.807, 2.05) is 53.1 Å². The van der Waals surface area contributed by atoms with Crippen LogP contribution in [0.2, 0.25) is 0 Å². The molecule has 2 aliphatic rings. The molecule has 4 aromatic rings. The number of aromatic nitrogens is 6. The Balaban J connectivity index is 1.37. The number of hydrogen-bond donors (Lipinski definition) is 0. The van der Waals surface area contributed by atoms with Crippen molar-refractivity contribution in [1.29, 1.82) is 0 Å². The van der Waals surface area contributed by atoms with Crippen molar-refractivity contribution in [3.63, 3.8) is 0 Å².